The Balaban J connectivity index is 1.68. The molecule has 0 saturated carbocycles. The minimum Gasteiger partial charge on any atom is -0.496 e. The Labute approximate surface area is 183 Å². The van der Waals surface area contributed by atoms with Gasteiger partial charge in [-0.3, -0.25) is 9.89 Å². The van der Waals surface area contributed by atoms with Crippen LogP contribution in [0.3, 0.4) is 0 Å². The second kappa shape index (κ2) is 12.2. The minimum atomic E-state index is 0.255. The molecule has 1 atom stereocenters. The number of likely N-dealkylation sites (tertiary alicyclic amines) is 2. The predicted octanol–water partition coefficient (Wildman–Crippen LogP) is 3.26. The normalized spacial score (nSPS) is 20.3. The summed E-state index contributed by atoms with van der Waals surface area (Å²) >= 11 is 0. The molecule has 30 heavy (non-hydrogen) atoms. The van der Waals surface area contributed by atoms with Gasteiger partial charge < -0.3 is 20.3 Å². The van der Waals surface area contributed by atoms with Crippen LogP contribution in [0.4, 0.5) is 0 Å². The molecule has 2 saturated heterocycles. The van der Waals surface area contributed by atoms with Gasteiger partial charge in [0.15, 0.2) is 5.96 Å². The molecule has 1 aromatic carbocycles. The number of aliphatic imine (C=N–C) groups is 1. The second-order valence-corrected chi connectivity index (χ2v) is 8.48. The highest BCUT2D eigenvalue weighted by atomic mass is 16.5. The summed E-state index contributed by atoms with van der Waals surface area (Å²) in [7, 11) is 1.76. The Hall–Kier alpha value is -1.79. The fourth-order valence-electron chi connectivity index (χ4n) is 4.71. The standard InChI is InChI=1S/C24H41N5O/c1-4-14-28-17-12-20(13-18-28)27-24(25-5-2)26-19-22(29-15-8-9-16-29)21-10-6-7-11-23(21)30-3/h6-7,10-11,20,22H,4-5,8-9,12-19H2,1-3H3,(H2,25,26,27). The maximum Gasteiger partial charge on any atom is 0.191 e. The van der Waals surface area contributed by atoms with Crippen LogP contribution < -0.4 is 15.4 Å². The highest BCUT2D eigenvalue weighted by Gasteiger charge is 2.26. The fraction of sp³-hybridized carbons (Fsp3) is 0.708. The van der Waals surface area contributed by atoms with Gasteiger partial charge in [-0.05, 0) is 64.7 Å². The van der Waals surface area contributed by atoms with E-state index in [1.54, 1.807) is 7.11 Å². The van der Waals surface area contributed by atoms with E-state index < -0.39 is 0 Å². The van der Waals surface area contributed by atoms with Crippen molar-refractivity contribution in [2.45, 2.75) is 58.0 Å². The first kappa shape index (κ1) is 22.9. The molecule has 6 nitrogen and oxygen atoms in total. The summed E-state index contributed by atoms with van der Waals surface area (Å²) in [6, 6.07) is 9.18. The lowest BCUT2D eigenvalue weighted by Gasteiger charge is -2.33. The van der Waals surface area contributed by atoms with Gasteiger partial charge in [0.05, 0.1) is 19.7 Å². The molecular weight excluding hydrogens is 374 g/mol. The number of para-hydroxylation sites is 1. The minimum absolute atomic E-state index is 0.255. The molecule has 168 valence electrons. The molecule has 0 aromatic heterocycles. The SMILES string of the molecule is CCCN1CCC(NC(=NCC(c2ccccc2OC)N2CCCC2)NCC)CC1. The van der Waals surface area contributed by atoms with Crippen LogP contribution in [0.15, 0.2) is 29.3 Å². The summed E-state index contributed by atoms with van der Waals surface area (Å²) in [5.41, 5.74) is 1.24. The molecule has 0 spiro atoms. The van der Waals surface area contributed by atoms with E-state index in [1.807, 2.05) is 6.07 Å². The predicted molar refractivity (Wildman–Crippen MR) is 125 cm³/mol. The molecule has 2 fully saturated rings. The van der Waals surface area contributed by atoms with Crippen LogP contribution in [0.25, 0.3) is 0 Å². The van der Waals surface area contributed by atoms with Gasteiger partial charge >= 0.3 is 0 Å². The van der Waals surface area contributed by atoms with Crippen molar-refractivity contribution in [3.63, 3.8) is 0 Å². The van der Waals surface area contributed by atoms with Crippen molar-refractivity contribution >= 4 is 5.96 Å². The van der Waals surface area contributed by atoms with E-state index in [1.165, 1.54) is 57.3 Å². The van der Waals surface area contributed by atoms with E-state index in [2.05, 4.69) is 52.5 Å². The zero-order valence-corrected chi connectivity index (χ0v) is 19.2. The van der Waals surface area contributed by atoms with Crippen LogP contribution in [0, 0.1) is 0 Å². The van der Waals surface area contributed by atoms with E-state index in [0.29, 0.717) is 6.04 Å². The number of rotatable bonds is 9. The number of guanidine groups is 1. The first-order chi connectivity index (χ1) is 14.7. The number of ether oxygens (including phenoxy) is 1. The molecule has 1 unspecified atom stereocenters. The smallest absolute Gasteiger partial charge is 0.191 e. The lowest BCUT2D eigenvalue weighted by Crippen LogP contribution is -2.49. The number of methoxy groups -OCH3 is 1. The van der Waals surface area contributed by atoms with E-state index in [0.717, 1.165) is 37.9 Å². The Morgan fingerprint density at radius 3 is 2.53 bits per heavy atom. The van der Waals surface area contributed by atoms with Gasteiger partial charge in [0.25, 0.3) is 0 Å². The molecule has 2 aliphatic rings. The van der Waals surface area contributed by atoms with Gasteiger partial charge in [-0.15, -0.1) is 0 Å². The fourth-order valence-corrected chi connectivity index (χ4v) is 4.71. The highest BCUT2D eigenvalue weighted by molar-refractivity contribution is 5.80. The third kappa shape index (κ3) is 6.35. The van der Waals surface area contributed by atoms with Crippen molar-refractivity contribution < 1.29 is 4.74 Å². The van der Waals surface area contributed by atoms with Gasteiger partial charge in [-0.1, -0.05) is 25.1 Å². The Morgan fingerprint density at radius 2 is 1.87 bits per heavy atom. The molecule has 0 bridgehead atoms. The lowest BCUT2D eigenvalue weighted by molar-refractivity contribution is 0.206. The third-order valence-electron chi connectivity index (χ3n) is 6.31. The van der Waals surface area contributed by atoms with Crippen molar-refractivity contribution in [2.24, 2.45) is 4.99 Å². The van der Waals surface area contributed by atoms with Crippen molar-refractivity contribution in [1.29, 1.82) is 0 Å². The number of benzene rings is 1. The van der Waals surface area contributed by atoms with Crippen LogP contribution in [0.2, 0.25) is 0 Å². The zero-order valence-electron chi connectivity index (χ0n) is 19.2. The lowest BCUT2D eigenvalue weighted by atomic mass is 10.0. The topological polar surface area (TPSA) is 52.1 Å². The van der Waals surface area contributed by atoms with E-state index >= 15 is 0 Å². The van der Waals surface area contributed by atoms with Gasteiger partial charge in [0.1, 0.15) is 5.75 Å². The van der Waals surface area contributed by atoms with Crippen molar-refractivity contribution in [3.05, 3.63) is 29.8 Å². The maximum absolute atomic E-state index is 5.68. The number of hydrogen-bond donors (Lipinski definition) is 2. The molecule has 0 radical (unpaired) electrons. The average Bonchev–Trinajstić information content (AvgIpc) is 3.30. The van der Waals surface area contributed by atoms with Crippen LogP contribution in [-0.2, 0) is 0 Å². The largest absolute Gasteiger partial charge is 0.496 e. The van der Waals surface area contributed by atoms with Gasteiger partial charge in [0.2, 0.25) is 0 Å². The van der Waals surface area contributed by atoms with Crippen molar-refractivity contribution in [1.82, 2.24) is 20.4 Å². The molecule has 3 rings (SSSR count). The van der Waals surface area contributed by atoms with Crippen LogP contribution in [-0.4, -0.2) is 74.7 Å². The summed E-state index contributed by atoms with van der Waals surface area (Å²) in [4.78, 5) is 10.2. The summed E-state index contributed by atoms with van der Waals surface area (Å²) in [5, 5.41) is 7.18. The maximum atomic E-state index is 5.68. The van der Waals surface area contributed by atoms with E-state index in [9.17, 15) is 0 Å². The molecule has 6 heteroatoms. The Morgan fingerprint density at radius 1 is 1.13 bits per heavy atom. The molecule has 0 aliphatic carbocycles. The number of nitrogens with zero attached hydrogens (tertiary/aromatic N) is 3. The average molecular weight is 416 g/mol. The summed E-state index contributed by atoms with van der Waals surface area (Å²) in [6.45, 7) is 11.9. The summed E-state index contributed by atoms with van der Waals surface area (Å²) in [6.07, 6.45) is 6.15. The van der Waals surface area contributed by atoms with Gasteiger partial charge in [0, 0.05) is 31.2 Å². The molecule has 2 N–H and O–H groups in total. The summed E-state index contributed by atoms with van der Waals surface area (Å²) in [5.74, 6) is 1.91. The number of nitrogens with one attached hydrogen (secondary N) is 2. The zero-order chi connectivity index (χ0) is 21.2. The first-order valence-electron chi connectivity index (χ1n) is 11.9. The number of hydrogen-bond acceptors (Lipinski definition) is 4. The molecular formula is C24H41N5O. The molecule has 2 heterocycles. The third-order valence-corrected chi connectivity index (χ3v) is 6.31. The highest BCUT2D eigenvalue weighted by Crippen LogP contribution is 2.31. The van der Waals surface area contributed by atoms with Crippen molar-refractivity contribution in [3.8, 4) is 5.75 Å². The monoisotopic (exact) mass is 415 g/mol. The molecule has 1 aromatic rings. The van der Waals surface area contributed by atoms with E-state index in [-0.39, 0.29) is 6.04 Å². The first-order valence-corrected chi connectivity index (χ1v) is 11.9. The Bertz CT molecular complexity index is 651. The summed E-state index contributed by atoms with van der Waals surface area (Å²) < 4.78 is 5.68. The van der Waals surface area contributed by atoms with Gasteiger partial charge in [-0.25, -0.2) is 0 Å². The number of piperidine rings is 1. The molecule has 2 aliphatic heterocycles. The van der Waals surface area contributed by atoms with Crippen molar-refractivity contribution in [2.75, 3.05) is 52.9 Å². The van der Waals surface area contributed by atoms with Crippen LogP contribution in [0.5, 0.6) is 5.75 Å². The quantitative estimate of drug-likeness (QED) is 0.479. The van der Waals surface area contributed by atoms with Crippen LogP contribution in [0.1, 0.15) is 57.6 Å². The Kier molecular flexibility index (Phi) is 9.27. The van der Waals surface area contributed by atoms with Crippen LogP contribution >= 0.6 is 0 Å². The van der Waals surface area contributed by atoms with Gasteiger partial charge in [-0.2, -0.15) is 0 Å². The second-order valence-electron chi connectivity index (χ2n) is 8.48. The van der Waals surface area contributed by atoms with E-state index in [4.69, 9.17) is 9.73 Å². The molecule has 0 amide bonds.